The topological polar surface area (TPSA) is 63.3 Å². The van der Waals surface area contributed by atoms with Crippen molar-refractivity contribution >= 4 is 16.3 Å². The van der Waals surface area contributed by atoms with Crippen LogP contribution in [0.5, 0.6) is 5.75 Å². The summed E-state index contributed by atoms with van der Waals surface area (Å²) in [6.45, 7) is 1.88. The SMILES string of the molecule is Cc1ccc(-c2nn3c(C4CCC4)nnc3s2)cc1O. The molecule has 0 amide bonds. The van der Waals surface area contributed by atoms with Crippen molar-refractivity contribution in [1.29, 1.82) is 0 Å². The number of nitrogens with zero attached hydrogens (tertiary/aromatic N) is 4. The second-order valence-electron chi connectivity index (χ2n) is 5.29. The first-order chi connectivity index (χ1) is 9.72. The Balaban J connectivity index is 1.80. The predicted molar refractivity (Wildman–Crippen MR) is 77.1 cm³/mol. The summed E-state index contributed by atoms with van der Waals surface area (Å²) in [5.41, 5.74) is 1.79. The quantitative estimate of drug-likeness (QED) is 0.786. The van der Waals surface area contributed by atoms with Crippen LogP contribution in [0.2, 0.25) is 0 Å². The van der Waals surface area contributed by atoms with E-state index in [4.69, 9.17) is 0 Å². The van der Waals surface area contributed by atoms with Gasteiger partial charge in [-0.25, -0.2) is 0 Å². The van der Waals surface area contributed by atoms with Crippen LogP contribution in [-0.2, 0) is 0 Å². The van der Waals surface area contributed by atoms with Gasteiger partial charge in [-0.3, -0.25) is 0 Å². The van der Waals surface area contributed by atoms with E-state index < -0.39 is 0 Å². The fourth-order valence-electron chi connectivity index (χ4n) is 2.41. The summed E-state index contributed by atoms with van der Waals surface area (Å²) in [5, 5.41) is 23.8. The minimum Gasteiger partial charge on any atom is -0.508 e. The summed E-state index contributed by atoms with van der Waals surface area (Å²) >= 11 is 1.50. The number of hydrogen-bond acceptors (Lipinski definition) is 5. The van der Waals surface area contributed by atoms with Gasteiger partial charge in [0.25, 0.3) is 0 Å². The maximum absolute atomic E-state index is 9.82. The van der Waals surface area contributed by atoms with Gasteiger partial charge < -0.3 is 5.11 Å². The van der Waals surface area contributed by atoms with Gasteiger partial charge in [0, 0.05) is 11.5 Å². The van der Waals surface area contributed by atoms with Crippen molar-refractivity contribution in [2.24, 2.45) is 0 Å². The Morgan fingerprint density at radius 1 is 1.30 bits per heavy atom. The molecular weight excluding hydrogens is 272 g/mol. The third-order valence-electron chi connectivity index (χ3n) is 3.94. The number of fused-ring (bicyclic) bond motifs is 1. The van der Waals surface area contributed by atoms with Gasteiger partial charge >= 0.3 is 0 Å². The van der Waals surface area contributed by atoms with Crippen LogP contribution in [0.25, 0.3) is 15.5 Å². The molecule has 2 aromatic heterocycles. The monoisotopic (exact) mass is 286 g/mol. The minimum absolute atomic E-state index is 0.299. The Bertz CT molecular complexity index is 788. The maximum atomic E-state index is 9.82. The number of hydrogen-bond donors (Lipinski definition) is 1. The molecule has 0 spiro atoms. The van der Waals surface area contributed by atoms with Crippen LogP contribution in [0.15, 0.2) is 18.2 Å². The van der Waals surface area contributed by atoms with Crippen molar-refractivity contribution in [3.05, 3.63) is 29.6 Å². The molecule has 6 heteroatoms. The van der Waals surface area contributed by atoms with E-state index in [0.717, 1.165) is 26.9 Å². The maximum Gasteiger partial charge on any atom is 0.234 e. The summed E-state index contributed by atoms with van der Waals surface area (Å²) in [7, 11) is 0. The van der Waals surface area contributed by atoms with Gasteiger partial charge in [-0.05, 0) is 31.4 Å². The molecule has 1 fully saturated rings. The Hall–Kier alpha value is -1.95. The van der Waals surface area contributed by atoms with Gasteiger partial charge in [-0.15, -0.1) is 10.2 Å². The summed E-state index contributed by atoms with van der Waals surface area (Å²) < 4.78 is 1.86. The zero-order valence-corrected chi connectivity index (χ0v) is 11.9. The molecule has 102 valence electrons. The lowest BCUT2D eigenvalue weighted by Gasteiger charge is -2.22. The molecule has 5 nitrogen and oxygen atoms in total. The molecule has 0 unspecified atom stereocenters. The molecule has 1 aliphatic carbocycles. The van der Waals surface area contributed by atoms with Crippen molar-refractivity contribution in [2.45, 2.75) is 32.1 Å². The van der Waals surface area contributed by atoms with Gasteiger partial charge in [-0.1, -0.05) is 29.9 Å². The fraction of sp³-hybridized carbons (Fsp3) is 0.357. The minimum atomic E-state index is 0.299. The molecule has 0 atom stereocenters. The van der Waals surface area contributed by atoms with E-state index in [1.165, 1.54) is 30.6 Å². The predicted octanol–water partition coefficient (Wildman–Crippen LogP) is 3.13. The van der Waals surface area contributed by atoms with Crippen LogP contribution in [0.3, 0.4) is 0 Å². The Kier molecular flexibility index (Phi) is 2.53. The number of rotatable bonds is 2. The molecule has 1 aromatic carbocycles. The summed E-state index contributed by atoms with van der Waals surface area (Å²) in [6.07, 6.45) is 3.63. The molecule has 0 aliphatic heterocycles. The Morgan fingerprint density at radius 2 is 2.15 bits per heavy atom. The molecule has 1 saturated carbocycles. The number of phenols is 1. The molecule has 3 aromatic rings. The van der Waals surface area contributed by atoms with Crippen LogP contribution < -0.4 is 0 Å². The van der Waals surface area contributed by atoms with E-state index in [1.54, 1.807) is 6.07 Å². The molecule has 0 bridgehead atoms. The normalized spacial score (nSPS) is 15.7. The summed E-state index contributed by atoms with van der Waals surface area (Å²) in [5.74, 6) is 1.78. The van der Waals surface area contributed by atoms with Crippen molar-refractivity contribution in [1.82, 2.24) is 19.8 Å². The first-order valence-electron chi connectivity index (χ1n) is 6.74. The van der Waals surface area contributed by atoms with Gasteiger partial charge in [0.1, 0.15) is 10.8 Å². The first kappa shape index (κ1) is 11.8. The molecule has 1 aliphatic rings. The number of aryl methyl sites for hydroxylation is 1. The Morgan fingerprint density at radius 3 is 2.85 bits per heavy atom. The van der Waals surface area contributed by atoms with E-state index >= 15 is 0 Å². The second-order valence-corrected chi connectivity index (χ2v) is 6.24. The zero-order valence-electron chi connectivity index (χ0n) is 11.1. The van der Waals surface area contributed by atoms with Crippen molar-refractivity contribution in [3.63, 3.8) is 0 Å². The largest absolute Gasteiger partial charge is 0.508 e. The van der Waals surface area contributed by atoms with Crippen LogP contribution in [-0.4, -0.2) is 24.9 Å². The van der Waals surface area contributed by atoms with Gasteiger partial charge in [0.2, 0.25) is 4.96 Å². The van der Waals surface area contributed by atoms with E-state index in [-0.39, 0.29) is 0 Å². The molecule has 1 N–H and O–H groups in total. The molecule has 0 radical (unpaired) electrons. The molecule has 20 heavy (non-hydrogen) atoms. The average Bonchev–Trinajstić information content (AvgIpc) is 2.93. The van der Waals surface area contributed by atoms with Crippen molar-refractivity contribution in [2.75, 3.05) is 0 Å². The smallest absolute Gasteiger partial charge is 0.234 e. The third-order valence-corrected chi connectivity index (χ3v) is 4.89. The molecule has 0 saturated heterocycles. The first-order valence-corrected chi connectivity index (χ1v) is 7.56. The fourth-order valence-corrected chi connectivity index (χ4v) is 3.25. The van der Waals surface area contributed by atoms with Crippen molar-refractivity contribution in [3.8, 4) is 16.3 Å². The van der Waals surface area contributed by atoms with E-state index in [1.807, 2.05) is 23.6 Å². The highest BCUT2D eigenvalue weighted by Crippen LogP contribution is 2.37. The van der Waals surface area contributed by atoms with E-state index in [0.29, 0.717) is 11.7 Å². The van der Waals surface area contributed by atoms with Crippen molar-refractivity contribution < 1.29 is 5.11 Å². The molecule has 4 rings (SSSR count). The Labute approximate surface area is 119 Å². The highest BCUT2D eigenvalue weighted by molar-refractivity contribution is 7.19. The van der Waals surface area contributed by atoms with E-state index in [9.17, 15) is 5.11 Å². The third kappa shape index (κ3) is 1.71. The lowest BCUT2D eigenvalue weighted by molar-refractivity contribution is 0.395. The second kappa shape index (κ2) is 4.28. The van der Waals surface area contributed by atoms with Crippen LogP contribution in [0.4, 0.5) is 0 Å². The number of aromatic hydroxyl groups is 1. The van der Waals surface area contributed by atoms with Crippen LogP contribution >= 0.6 is 11.3 Å². The lowest BCUT2D eigenvalue weighted by Crippen LogP contribution is -2.12. The highest BCUT2D eigenvalue weighted by Gasteiger charge is 2.26. The lowest BCUT2D eigenvalue weighted by atomic mass is 9.85. The van der Waals surface area contributed by atoms with Crippen LogP contribution in [0.1, 0.15) is 36.6 Å². The van der Waals surface area contributed by atoms with Gasteiger partial charge in [-0.2, -0.15) is 9.61 Å². The number of aromatic nitrogens is 4. The standard InChI is InChI=1S/C14H14N4OS/c1-8-5-6-10(7-11(8)19)13-17-18-12(9-3-2-4-9)15-16-14(18)20-13/h5-7,9,19H,2-4H2,1H3. The van der Waals surface area contributed by atoms with Gasteiger partial charge in [0.05, 0.1) is 0 Å². The highest BCUT2D eigenvalue weighted by atomic mass is 32.1. The van der Waals surface area contributed by atoms with Crippen LogP contribution in [0, 0.1) is 6.92 Å². The summed E-state index contributed by atoms with van der Waals surface area (Å²) in [4.78, 5) is 0.821. The molecular formula is C14H14N4OS. The number of benzene rings is 1. The molecule has 2 heterocycles. The van der Waals surface area contributed by atoms with E-state index in [2.05, 4.69) is 15.3 Å². The van der Waals surface area contributed by atoms with Gasteiger partial charge in [0.15, 0.2) is 5.82 Å². The zero-order chi connectivity index (χ0) is 13.7. The number of phenolic OH excluding ortho intramolecular Hbond substituents is 1. The average molecular weight is 286 g/mol. The summed E-state index contributed by atoms with van der Waals surface area (Å²) in [6, 6.07) is 5.63.